The van der Waals surface area contributed by atoms with E-state index in [0.29, 0.717) is 30.2 Å². The highest BCUT2D eigenvalue weighted by Gasteiger charge is 2.20. The Morgan fingerprint density at radius 1 is 1.30 bits per heavy atom. The first-order valence-corrected chi connectivity index (χ1v) is 7.16. The van der Waals surface area contributed by atoms with Crippen molar-refractivity contribution in [1.29, 1.82) is 0 Å². The first-order valence-electron chi connectivity index (χ1n) is 7.16. The van der Waals surface area contributed by atoms with Gasteiger partial charge in [-0.25, -0.2) is 0 Å². The lowest BCUT2D eigenvalue weighted by Crippen LogP contribution is -2.21. The Labute approximate surface area is 118 Å². The van der Waals surface area contributed by atoms with Crippen molar-refractivity contribution in [3.63, 3.8) is 0 Å². The first-order chi connectivity index (χ1) is 9.81. The summed E-state index contributed by atoms with van der Waals surface area (Å²) >= 11 is 0. The zero-order valence-electron chi connectivity index (χ0n) is 11.7. The average Bonchev–Trinajstić information content (AvgIpc) is 2.95. The summed E-state index contributed by atoms with van der Waals surface area (Å²) in [5.74, 6) is 1.71. The molecular weight excluding hydrogens is 254 g/mol. The van der Waals surface area contributed by atoms with Crippen molar-refractivity contribution in [1.82, 2.24) is 15.2 Å². The van der Waals surface area contributed by atoms with Crippen molar-refractivity contribution < 1.29 is 9.15 Å². The third kappa shape index (κ3) is 3.22. The van der Waals surface area contributed by atoms with Crippen molar-refractivity contribution >= 4 is 0 Å². The lowest BCUT2D eigenvalue weighted by molar-refractivity contribution is -0.00444. The van der Waals surface area contributed by atoms with Crippen molar-refractivity contribution in [2.45, 2.75) is 45.3 Å². The van der Waals surface area contributed by atoms with E-state index < -0.39 is 0 Å². The molecule has 2 aromatic heterocycles. The minimum absolute atomic E-state index is 0.323. The summed E-state index contributed by atoms with van der Waals surface area (Å²) in [5, 5.41) is 8.02. The number of rotatable bonds is 4. The minimum Gasteiger partial charge on any atom is -0.417 e. The van der Waals surface area contributed by atoms with Crippen LogP contribution in [0.5, 0.6) is 0 Å². The molecule has 106 valence electrons. The lowest BCUT2D eigenvalue weighted by Gasteiger charge is -2.26. The SMILES string of the molecule is CC1CCCC(OCc2nnc(-c3ccccn3)o2)C1. The van der Waals surface area contributed by atoms with Crippen LogP contribution in [0.25, 0.3) is 11.6 Å². The van der Waals surface area contributed by atoms with Gasteiger partial charge in [-0.05, 0) is 30.9 Å². The number of hydrogen-bond acceptors (Lipinski definition) is 5. The molecule has 0 aromatic carbocycles. The molecule has 2 aromatic rings. The normalized spacial score (nSPS) is 22.9. The summed E-state index contributed by atoms with van der Waals surface area (Å²) in [6, 6.07) is 5.60. The molecule has 0 bridgehead atoms. The molecular formula is C15H19N3O2. The molecule has 1 aliphatic carbocycles. The van der Waals surface area contributed by atoms with Gasteiger partial charge < -0.3 is 9.15 Å². The van der Waals surface area contributed by atoms with Crippen LogP contribution >= 0.6 is 0 Å². The van der Waals surface area contributed by atoms with Gasteiger partial charge in [-0.3, -0.25) is 4.98 Å². The third-order valence-corrected chi connectivity index (χ3v) is 3.68. The number of hydrogen-bond donors (Lipinski definition) is 0. The summed E-state index contributed by atoms with van der Waals surface area (Å²) in [4.78, 5) is 4.19. The van der Waals surface area contributed by atoms with Crippen LogP contribution in [-0.2, 0) is 11.3 Å². The van der Waals surface area contributed by atoms with Gasteiger partial charge in [0.2, 0.25) is 5.89 Å². The molecule has 0 spiro atoms. The highest BCUT2D eigenvalue weighted by atomic mass is 16.5. The van der Waals surface area contributed by atoms with E-state index in [1.165, 1.54) is 12.8 Å². The van der Waals surface area contributed by atoms with E-state index in [4.69, 9.17) is 9.15 Å². The van der Waals surface area contributed by atoms with E-state index in [9.17, 15) is 0 Å². The highest BCUT2D eigenvalue weighted by Crippen LogP contribution is 2.26. The molecule has 1 saturated carbocycles. The molecule has 5 heteroatoms. The second-order valence-electron chi connectivity index (χ2n) is 5.42. The van der Waals surface area contributed by atoms with Crippen LogP contribution in [0.3, 0.4) is 0 Å². The van der Waals surface area contributed by atoms with Gasteiger partial charge in [0.1, 0.15) is 12.3 Å². The Morgan fingerprint density at radius 3 is 3.05 bits per heavy atom. The Kier molecular flexibility index (Phi) is 4.06. The molecule has 3 rings (SSSR count). The van der Waals surface area contributed by atoms with Crippen molar-refractivity contribution in [2.75, 3.05) is 0 Å². The molecule has 1 fully saturated rings. The maximum absolute atomic E-state index is 5.87. The maximum Gasteiger partial charge on any atom is 0.266 e. The summed E-state index contributed by atoms with van der Waals surface area (Å²) in [7, 11) is 0. The molecule has 20 heavy (non-hydrogen) atoms. The molecule has 0 amide bonds. The number of aromatic nitrogens is 3. The molecule has 0 radical (unpaired) electrons. The average molecular weight is 273 g/mol. The van der Waals surface area contributed by atoms with E-state index in [0.717, 1.165) is 18.8 Å². The van der Waals surface area contributed by atoms with Crippen LogP contribution in [-0.4, -0.2) is 21.3 Å². The van der Waals surface area contributed by atoms with E-state index in [-0.39, 0.29) is 0 Å². The number of pyridine rings is 1. The molecule has 0 N–H and O–H groups in total. The third-order valence-electron chi connectivity index (χ3n) is 3.68. The molecule has 2 atom stereocenters. The van der Waals surface area contributed by atoms with Gasteiger partial charge >= 0.3 is 0 Å². The Bertz CT molecular complexity index is 541. The second-order valence-corrected chi connectivity index (χ2v) is 5.42. The van der Waals surface area contributed by atoms with Gasteiger partial charge in [-0.1, -0.05) is 25.8 Å². The molecule has 1 aliphatic rings. The Hall–Kier alpha value is -1.75. The van der Waals surface area contributed by atoms with Crippen LogP contribution in [0.1, 0.15) is 38.5 Å². The monoisotopic (exact) mass is 273 g/mol. The largest absolute Gasteiger partial charge is 0.417 e. The fourth-order valence-electron chi connectivity index (χ4n) is 2.62. The zero-order chi connectivity index (χ0) is 13.8. The highest BCUT2D eigenvalue weighted by molar-refractivity contribution is 5.44. The summed E-state index contributed by atoms with van der Waals surface area (Å²) in [6.45, 7) is 2.67. The second kappa shape index (κ2) is 6.13. The van der Waals surface area contributed by atoms with Crippen LogP contribution in [0.4, 0.5) is 0 Å². The van der Waals surface area contributed by atoms with Gasteiger partial charge in [-0.2, -0.15) is 0 Å². The van der Waals surface area contributed by atoms with Crippen LogP contribution in [0.15, 0.2) is 28.8 Å². The Morgan fingerprint density at radius 2 is 2.25 bits per heavy atom. The van der Waals surface area contributed by atoms with Crippen LogP contribution in [0.2, 0.25) is 0 Å². The standard InChI is InChI=1S/C15H19N3O2/c1-11-5-4-6-12(9-11)19-10-14-17-18-15(20-14)13-7-2-3-8-16-13/h2-3,7-8,11-12H,4-6,9-10H2,1H3. The van der Waals surface area contributed by atoms with Crippen molar-refractivity contribution in [3.05, 3.63) is 30.3 Å². The van der Waals surface area contributed by atoms with Gasteiger partial charge in [-0.15, -0.1) is 10.2 Å². The quantitative estimate of drug-likeness (QED) is 0.855. The minimum atomic E-state index is 0.323. The molecule has 2 unspecified atom stereocenters. The smallest absolute Gasteiger partial charge is 0.266 e. The van der Waals surface area contributed by atoms with Gasteiger partial charge in [0.05, 0.1) is 6.10 Å². The number of ether oxygens (including phenoxy) is 1. The molecule has 0 saturated heterocycles. The lowest BCUT2D eigenvalue weighted by atomic mass is 9.89. The van der Waals surface area contributed by atoms with Gasteiger partial charge in [0.25, 0.3) is 5.89 Å². The summed E-state index contributed by atoms with van der Waals surface area (Å²) in [6.07, 6.45) is 6.84. The predicted octanol–water partition coefficient (Wildman–Crippen LogP) is 3.23. The van der Waals surface area contributed by atoms with Gasteiger partial charge in [0, 0.05) is 6.20 Å². The van der Waals surface area contributed by atoms with Crippen molar-refractivity contribution in [3.8, 4) is 11.6 Å². The predicted molar refractivity (Wildman–Crippen MR) is 73.7 cm³/mol. The summed E-state index contributed by atoms with van der Waals surface area (Å²) < 4.78 is 11.4. The van der Waals surface area contributed by atoms with Crippen LogP contribution < -0.4 is 0 Å². The summed E-state index contributed by atoms with van der Waals surface area (Å²) in [5.41, 5.74) is 0.692. The maximum atomic E-state index is 5.87. The fourth-order valence-corrected chi connectivity index (χ4v) is 2.62. The fraction of sp³-hybridized carbons (Fsp3) is 0.533. The number of nitrogens with zero attached hydrogens (tertiary/aromatic N) is 3. The molecule has 2 heterocycles. The Balaban J connectivity index is 1.58. The first kappa shape index (κ1) is 13.2. The van der Waals surface area contributed by atoms with Crippen LogP contribution in [0, 0.1) is 5.92 Å². The van der Waals surface area contributed by atoms with E-state index in [1.54, 1.807) is 6.20 Å². The van der Waals surface area contributed by atoms with E-state index in [2.05, 4.69) is 22.1 Å². The van der Waals surface area contributed by atoms with E-state index >= 15 is 0 Å². The van der Waals surface area contributed by atoms with Crippen molar-refractivity contribution in [2.24, 2.45) is 5.92 Å². The van der Waals surface area contributed by atoms with Gasteiger partial charge in [0.15, 0.2) is 0 Å². The molecule has 5 nitrogen and oxygen atoms in total. The zero-order valence-corrected chi connectivity index (χ0v) is 11.7. The van der Waals surface area contributed by atoms with E-state index in [1.807, 2.05) is 18.2 Å². The topological polar surface area (TPSA) is 61.0 Å². The molecule has 0 aliphatic heterocycles.